The Hall–Kier alpha value is -0.830. The van der Waals surface area contributed by atoms with Gasteiger partial charge in [0.1, 0.15) is 0 Å². The van der Waals surface area contributed by atoms with Crippen LogP contribution < -0.4 is 11.1 Å². The molecule has 2 nitrogen and oxygen atoms in total. The molecule has 3 N–H and O–H groups in total. The second-order valence-corrected chi connectivity index (χ2v) is 3.98. The molecule has 1 aliphatic heterocycles. The first-order chi connectivity index (χ1) is 5.27. The highest BCUT2D eigenvalue weighted by atomic mass is 32.2. The maximum Gasteiger partial charge on any atom is 0.0742 e. The fourth-order valence-corrected chi connectivity index (χ4v) is 2.22. The van der Waals surface area contributed by atoms with Gasteiger partial charge in [-0.25, -0.2) is 0 Å². The first kappa shape index (κ1) is 6.85. The van der Waals surface area contributed by atoms with Crippen LogP contribution in [0, 0.1) is 0 Å². The van der Waals surface area contributed by atoms with Crippen LogP contribution in [-0.2, 0) is 0 Å². The summed E-state index contributed by atoms with van der Waals surface area (Å²) in [6.45, 7) is 2.13. The third-order valence-corrected chi connectivity index (χ3v) is 2.86. The van der Waals surface area contributed by atoms with E-state index in [1.165, 1.54) is 10.6 Å². The van der Waals surface area contributed by atoms with Gasteiger partial charge < -0.3 is 11.1 Å². The first-order valence-electron chi connectivity index (χ1n) is 3.59. The van der Waals surface area contributed by atoms with Gasteiger partial charge >= 0.3 is 0 Å². The summed E-state index contributed by atoms with van der Waals surface area (Å²) < 4.78 is 0. The lowest BCUT2D eigenvalue weighted by Gasteiger charge is -1.99. The van der Waals surface area contributed by atoms with Gasteiger partial charge in [-0.2, -0.15) is 0 Å². The zero-order valence-corrected chi connectivity index (χ0v) is 7.11. The molecular formula is C8H10N2S. The molecule has 0 saturated heterocycles. The normalized spacial score (nSPS) is 21.0. The Morgan fingerprint density at radius 1 is 1.55 bits per heavy atom. The Morgan fingerprint density at radius 3 is 3.09 bits per heavy atom. The first-order valence-corrected chi connectivity index (χ1v) is 4.47. The number of nitrogen functional groups attached to an aromatic ring is 1. The molecule has 0 saturated carbocycles. The summed E-state index contributed by atoms with van der Waals surface area (Å²) in [5.41, 5.74) is 7.82. The molecule has 2 rings (SSSR count). The predicted octanol–water partition coefficient (Wildman–Crippen LogP) is 2.13. The molecule has 58 valence electrons. The largest absolute Gasteiger partial charge is 0.398 e. The zero-order chi connectivity index (χ0) is 7.84. The minimum Gasteiger partial charge on any atom is -0.398 e. The average Bonchev–Trinajstić information content (AvgIpc) is 2.31. The molecular weight excluding hydrogens is 156 g/mol. The second-order valence-electron chi connectivity index (χ2n) is 2.63. The molecule has 0 amide bonds. The van der Waals surface area contributed by atoms with Gasteiger partial charge in [0.15, 0.2) is 0 Å². The number of rotatable bonds is 0. The Labute approximate surface area is 70.2 Å². The van der Waals surface area contributed by atoms with Crippen molar-refractivity contribution in [2.75, 3.05) is 11.1 Å². The monoisotopic (exact) mass is 166 g/mol. The van der Waals surface area contributed by atoms with Crippen LogP contribution in [0.15, 0.2) is 23.1 Å². The number of nitrogens with one attached hydrogen (secondary N) is 1. The van der Waals surface area contributed by atoms with Gasteiger partial charge in [-0.1, -0.05) is 17.8 Å². The molecule has 0 aliphatic carbocycles. The third-order valence-electron chi connectivity index (χ3n) is 1.70. The zero-order valence-electron chi connectivity index (χ0n) is 6.29. The van der Waals surface area contributed by atoms with Crippen LogP contribution in [0.2, 0.25) is 0 Å². The van der Waals surface area contributed by atoms with E-state index in [4.69, 9.17) is 5.73 Å². The highest BCUT2D eigenvalue weighted by molar-refractivity contribution is 8.00. The van der Waals surface area contributed by atoms with Gasteiger partial charge in [0.25, 0.3) is 0 Å². The van der Waals surface area contributed by atoms with Crippen molar-refractivity contribution in [3.05, 3.63) is 18.2 Å². The van der Waals surface area contributed by atoms with Crippen LogP contribution >= 0.6 is 11.8 Å². The fraction of sp³-hybridized carbons (Fsp3) is 0.250. The number of benzene rings is 1. The number of fused-ring (bicyclic) bond motifs is 1. The smallest absolute Gasteiger partial charge is 0.0742 e. The minimum atomic E-state index is 0.453. The van der Waals surface area contributed by atoms with Crippen molar-refractivity contribution in [3.63, 3.8) is 0 Å². The van der Waals surface area contributed by atoms with Crippen molar-refractivity contribution >= 4 is 23.1 Å². The van der Waals surface area contributed by atoms with Gasteiger partial charge in [-0.05, 0) is 19.1 Å². The number of hydrogen-bond donors (Lipinski definition) is 2. The molecule has 0 fully saturated rings. The van der Waals surface area contributed by atoms with Gasteiger partial charge in [-0.3, -0.25) is 0 Å². The second kappa shape index (κ2) is 2.34. The molecule has 0 spiro atoms. The summed E-state index contributed by atoms with van der Waals surface area (Å²) in [4.78, 5) is 1.19. The molecule has 1 atom stereocenters. The summed E-state index contributed by atoms with van der Waals surface area (Å²) in [5, 5.41) is 3.77. The summed E-state index contributed by atoms with van der Waals surface area (Å²) in [5.74, 6) is 0. The Kier molecular flexibility index (Phi) is 1.46. The summed E-state index contributed by atoms with van der Waals surface area (Å²) in [6.07, 6.45) is 0. The molecule has 0 radical (unpaired) electrons. The highest BCUT2D eigenvalue weighted by Gasteiger charge is 2.18. The number of anilines is 2. The van der Waals surface area contributed by atoms with Gasteiger partial charge in [0.2, 0.25) is 0 Å². The lowest BCUT2D eigenvalue weighted by Crippen LogP contribution is -2.02. The summed E-state index contributed by atoms with van der Waals surface area (Å²) in [7, 11) is 0. The van der Waals surface area contributed by atoms with E-state index < -0.39 is 0 Å². The van der Waals surface area contributed by atoms with E-state index in [0.29, 0.717) is 5.37 Å². The number of nitrogens with two attached hydrogens (primary N) is 1. The van der Waals surface area contributed by atoms with E-state index in [2.05, 4.69) is 18.3 Å². The van der Waals surface area contributed by atoms with Crippen molar-refractivity contribution in [2.24, 2.45) is 0 Å². The van der Waals surface area contributed by atoms with Crippen LogP contribution in [0.3, 0.4) is 0 Å². The molecule has 1 aromatic carbocycles. The predicted molar refractivity (Wildman–Crippen MR) is 49.8 cm³/mol. The molecule has 0 bridgehead atoms. The Balaban J connectivity index is 2.49. The van der Waals surface area contributed by atoms with Crippen LogP contribution in [0.25, 0.3) is 0 Å². The molecule has 1 aliphatic rings. The minimum absolute atomic E-state index is 0.453. The SMILES string of the molecule is CC1Nc2cccc(N)c2S1. The number of hydrogen-bond acceptors (Lipinski definition) is 3. The van der Waals surface area contributed by atoms with E-state index in [9.17, 15) is 0 Å². The van der Waals surface area contributed by atoms with Crippen LogP contribution in [0.1, 0.15) is 6.92 Å². The van der Waals surface area contributed by atoms with Crippen molar-refractivity contribution < 1.29 is 0 Å². The molecule has 1 aromatic rings. The summed E-state index contributed by atoms with van der Waals surface area (Å²) >= 11 is 1.78. The van der Waals surface area contributed by atoms with Crippen LogP contribution in [0.5, 0.6) is 0 Å². The molecule has 11 heavy (non-hydrogen) atoms. The topological polar surface area (TPSA) is 38.0 Å². The maximum atomic E-state index is 5.77. The lowest BCUT2D eigenvalue weighted by atomic mass is 10.3. The van der Waals surface area contributed by atoms with Gasteiger partial charge in [0, 0.05) is 5.69 Å². The molecule has 1 unspecified atom stereocenters. The molecule has 1 heterocycles. The Morgan fingerprint density at radius 2 is 2.36 bits per heavy atom. The standard InChI is InChI=1S/C8H10N2S/c1-5-10-7-4-2-3-6(9)8(7)11-5/h2-5,10H,9H2,1H3. The molecule has 3 heteroatoms. The van der Waals surface area contributed by atoms with E-state index >= 15 is 0 Å². The average molecular weight is 166 g/mol. The quantitative estimate of drug-likeness (QED) is 0.580. The highest BCUT2D eigenvalue weighted by Crippen LogP contribution is 2.41. The van der Waals surface area contributed by atoms with E-state index in [1.54, 1.807) is 11.8 Å². The van der Waals surface area contributed by atoms with E-state index in [-0.39, 0.29) is 0 Å². The van der Waals surface area contributed by atoms with Crippen molar-refractivity contribution in [1.29, 1.82) is 0 Å². The van der Waals surface area contributed by atoms with Gasteiger partial charge in [0.05, 0.1) is 16.0 Å². The van der Waals surface area contributed by atoms with Crippen LogP contribution in [0.4, 0.5) is 11.4 Å². The van der Waals surface area contributed by atoms with Crippen molar-refractivity contribution in [2.45, 2.75) is 17.2 Å². The van der Waals surface area contributed by atoms with E-state index in [0.717, 1.165) is 5.69 Å². The van der Waals surface area contributed by atoms with Crippen LogP contribution in [-0.4, -0.2) is 5.37 Å². The number of thioether (sulfide) groups is 1. The molecule has 0 aromatic heterocycles. The van der Waals surface area contributed by atoms with E-state index in [1.807, 2.05) is 12.1 Å². The van der Waals surface area contributed by atoms with Crippen molar-refractivity contribution in [1.82, 2.24) is 0 Å². The maximum absolute atomic E-state index is 5.77. The lowest BCUT2D eigenvalue weighted by molar-refractivity contribution is 1.15. The van der Waals surface area contributed by atoms with Crippen molar-refractivity contribution in [3.8, 4) is 0 Å². The summed E-state index contributed by atoms with van der Waals surface area (Å²) in [6, 6.07) is 5.97. The fourth-order valence-electron chi connectivity index (χ4n) is 1.23. The Bertz CT molecular complexity index is 285. The van der Waals surface area contributed by atoms with Gasteiger partial charge in [-0.15, -0.1) is 0 Å². The third kappa shape index (κ3) is 1.05.